The van der Waals surface area contributed by atoms with Gasteiger partial charge in [-0.15, -0.1) is 0 Å². The number of hydrogen-bond donors (Lipinski definition) is 1. The van der Waals surface area contributed by atoms with E-state index < -0.39 is 11.9 Å². The van der Waals surface area contributed by atoms with Crippen molar-refractivity contribution in [2.45, 2.75) is 38.6 Å². The minimum absolute atomic E-state index is 0.0851. The van der Waals surface area contributed by atoms with Crippen molar-refractivity contribution in [1.82, 2.24) is 5.32 Å². The maximum absolute atomic E-state index is 11.4. The van der Waals surface area contributed by atoms with Gasteiger partial charge in [-0.2, -0.15) is 0 Å². The van der Waals surface area contributed by atoms with E-state index in [0.29, 0.717) is 5.92 Å². The molecule has 90 valence electrons. The number of esters is 1. The molecular formula is C12H19NO3. The smallest absolute Gasteiger partial charge is 0.396 e. The summed E-state index contributed by atoms with van der Waals surface area (Å²) in [6.07, 6.45) is 5.14. The van der Waals surface area contributed by atoms with E-state index in [4.69, 9.17) is 0 Å². The summed E-state index contributed by atoms with van der Waals surface area (Å²) in [5.41, 5.74) is 0. The third-order valence-corrected chi connectivity index (χ3v) is 4.16. The lowest BCUT2D eigenvalue weighted by Crippen LogP contribution is -2.43. The molecule has 1 N–H and O–H groups in total. The Morgan fingerprint density at radius 1 is 1.31 bits per heavy atom. The van der Waals surface area contributed by atoms with E-state index in [0.717, 1.165) is 11.8 Å². The lowest BCUT2D eigenvalue weighted by Gasteiger charge is -2.28. The van der Waals surface area contributed by atoms with Gasteiger partial charge in [-0.3, -0.25) is 4.79 Å². The Balaban J connectivity index is 1.86. The zero-order valence-corrected chi connectivity index (χ0v) is 9.86. The second-order valence-corrected chi connectivity index (χ2v) is 5.09. The van der Waals surface area contributed by atoms with Crippen molar-refractivity contribution in [1.29, 1.82) is 0 Å². The van der Waals surface area contributed by atoms with Crippen LogP contribution in [0, 0.1) is 17.8 Å². The molecule has 0 saturated heterocycles. The van der Waals surface area contributed by atoms with Crippen LogP contribution >= 0.6 is 0 Å². The first kappa shape index (κ1) is 11.4. The summed E-state index contributed by atoms with van der Waals surface area (Å²) < 4.78 is 4.39. The minimum atomic E-state index is -0.796. The molecule has 2 aliphatic carbocycles. The number of carbonyl (C=O) groups is 2. The van der Waals surface area contributed by atoms with Crippen LogP contribution < -0.4 is 5.32 Å². The molecule has 2 bridgehead atoms. The van der Waals surface area contributed by atoms with Crippen molar-refractivity contribution in [2.24, 2.45) is 17.8 Å². The van der Waals surface area contributed by atoms with Crippen LogP contribution in [-0.2, 0) is 14.3 Å². The summed E-state index contributed by atoms with van der Waals surface area (Å²) in [7, 11) is 1.23. The highest BCUT2D eigenvalue weighted by Crippen LogP contribution is 2.49. The van der Waals surface area contributed by atoms with Crippen molar-refractivity contribution in [2.75, 3.05) is 7.11 Å². The first-order valence-corrected chi connectivity index (χ1v) is 6.00. The van der Waals surface area contributed by atoms with E-state index in [1.54, 1.807) is 0 Å². The molecule has 0 aromatic carbocycles. The summed E-state index contributed by atoms with van der Waals surface area (Å²) in [6, 6.07) is 0.0851. The molecule has 2 aliphatic rings. The first-order valence-electron chi connectivity index (χ1n) is 6.00. The van der Waals surface area contributed by atoms with Gasteiger partial charge >= 0.3 is 11.9 Å². The molecular weight excluding hydrogens is 206 g/mol. The Morgan fingerprint density at radius 3 is 2.56 bits per heavy atom. The Morgan fingerprint density at radius 2 is 2.06 bits per heavy atom. The van der Waals surface area contributed by atoms with E-state index in [-0.39, 0.29) is 6.04 Å². The molecule has 0 aromatic rings. The van der Waals surface area contributed by atoms with Crippen molar-refractivity contribution < 1.29 is 14.3 Å². The summed E-state index contributed by atoms with van der Waals surface area (Å²) >= 11 is 0. The van der Waals surface area contributed by atoms with Crippen LogP contribution in [0.5, 0.6) is 0 Å². The fourth-order valence-electron chi connectivity index (χ4n) is 3.37. The van der Waals surface area contributed by atoms with Gasteiger partial charge in [0, 0.05) is 6.04 Å². The maximum Gasteiger partial charge on any atom is 0.396 e. The van der Waals surface area contributed by atoms with Crippen molar-refractivity contribution in [3.05, 3.63) is 0 Å². The molecule has 2 fully saturated rings. The SMILES string of the molecule is COC(=O)C(=O)NC(C)C1CC2CCC1C2. The second-order valence-electron chi connectivity index (χ2n) is 5.09. The van der Waals surface area contributed by atoms with Gasteiger partial charge in [0.2, 0.25) is 0 Å². The summed E-state index contributed by atoms with van der Waals surface area (Å²) in [6.45, 7) is 1.99. The number of hydrogen-bond acceptors (Lipinski definition) is 3. The molecule has 4 unspecified atom stereocenters. The van der Waals surface area contributed by atoms with E-state index in [9.17, 15) is 9.59 Å². The van der Waals surface area contributed by atoms with Gasteiger partial charge in [0.15, 0.2) is 0 Å². The number of fused-ring (bicyclic) bond motifs is 2. The monoisotopic (exact) mass is 225 g/mol. The van der Waals surface area contributed by atoms with Crippen LogP contribution in [0.25, 0.3) is 0 Å². The molecule has 0 spiro atoms. The van der Waals surface area contributed by atoms with Gasteiger partial charge in [0.25, 0.3) is 0 Å². The van der Waals surface area contributed by atoms with Gasteiger partial charge < -0.3 is 10.1 Å². The van der Waals surface area contributed by atoms with E-state index in [1.807, 2.05) is 6.92 Å². The quantitative estimate of drug-likeness (QED) is 0.565. The average molecular weight is 225 g/mol. The Labute approximate surface area is 95.7 Å². The van der Waals surface area contributed by atoms with Crippen molar-refractivity contribution >= 4 is 11.9 Å². The third-order valence-electron chi connectivity index (χ3n) is 4.16. The molecule has 1 amide bonds. The standard InChI is InChI=1S/C12H19NO3/c1-7(13-11(14)12(15)16-2)10-6-8-3-4-9(10)5-8/h7-10H,3-6H2,1-2H3,(H,13,14). The zero-order valence-electron chi connectivity index (χ0n) is 9.86. The molecule has 0 aromatic heterocycles. The molecule has 16 heavy (non-hydrogen) atoms. The van der Waals surface area contributed by atoms with E-state index >= 15 is 0 Å². The third kappa shape index (κ3) is 2.06. The minimum Gasteiger partial charge on any atom is -0.462 e. The lowest BCUT2D eigenvalue weighted by molar-refractivity contribution is -0.153. The second kappa shape index (κ2) is 4.44. The molecule has 0 heterocycles. The first-order chi connectivity index (χ1) is 7.61. The van der Waals surface area contributed by atoms with Gasteiger partial charge in [0.05, 0.1) is 7.11 Å². The van der Waals surface area contributed by atoms with Crippen LogP contribution in [0.15, 0.2) is 0 Å². The number of methoxy groups -OCH3 is 1. The van der Waals surface area contributed by atoms with Crippen LogP contribution in [0.4, 0.5) is 0 Å². The van der Waals surface area contributed by atoms with E-state index in [2.05, 4.69) is 10.1 Å². The predicted octanol–water partition coefficient (Wildman–Crippen LogP) is 1.10. The van der Waals surface area contributed by atoms with Crippen LogP contribution in [0.2, 0.25) is 0 Å². The van der Waals surface area contributed by atoms with E-state index in [1.165, 1.54) is 32.8 Å². The number of nitrogens with one attached hydrogen (secondary N) is 1. The lowest BCUT2D eigenvalue weighted by atomic mass is 9.84. The molecule has 2 rings (SSSR count). The fraction of sp³-hybridized carbons (Fsp3) is 0.833. The Kier molecular flexibility index (Phi) is 3.17. The summed E-state index contributed by atoms with van der Waals surface area (Å²) in [5, 5.41) is 2.74. The average Bonchev–Trinajstić information content (AvgIpc) is 2.89. The normalized spacial score (nSPS) is 33.5. The van der Waals surface area contributed by atoms with Crippen molar-refractivity contribution in [3.63, 3.8) is 0 Å². The summed E-state index contributed by atoms with van der Waals surface area (Å²) in [4.78, 5) is 22.3. The number of amides is 1. The van der Waals surface area contributed by atoms with Gasteiger partial charge in [0.1, 0.15) is 0 Å². The molecule has 4 heteroatoms. The molecule has 4 nitrogen and oxygen atoms in total. The Hall–Kier alpha value is -1.06. The van der Waals surface area contributed by atoms with Crippen molar-refractivity contribution in [3.8, 4) is 0 Å². The maximum atomic E-state index is 11.4. The highest BCUT2D eigenvalue weighted by molar-refractivity contribution is 6.32. The molecule has 4 atom stereocenters. The zero-order chi connectivity index (χ0) is 11.7. The van der Waals surface area contributed by atoms with Crippen LogP contribution in [0.1, 0.15) is 32.6 Å². The highest BCUT2D eigenvalue weighted by atomic mass is 16.5. The van der Waals surface area contributed by atoms with Gasteiger partial charge in [-0.05, 0) is 43.9 Å². The Bertz CT molecular complexity index is 303. The highest BCUT2D eigenvalue weighted by Gasteiger charge is 2.42. The van der Waals surface area contributed by atoms with Gasteiger partial charge in [-0.25, -0.2) is 4.79 Å². The van der Waals surface area contributed by atoms with Crippen LogP contribution in [-0.4, -0.2) is 25.0 Å². The molecule has 0 aliphatic heterocycles. The molecule has 2 saturated carbocycles. The number of carbonyl (C=O) groups excluding carboxylic acids is 2. The molecule has 0 radical (unpaired) electrons. The summed E-state index contributed by atoms with van der Waals surface area (Å²) in [5.74, 6) is 0.741. The predicted molar refractivity (Wildman–Crippen MR) is 58.6 cm³/mol. The topological polar surface area (TPSA) is 55.4 Å². The number of rotatable bonds is 2. The fourth-order valence-corrected chi connectivity index (χ4v) is 3.37. The van der Waals surface area contributed by atoms with Crippen LogP contribution in [0.3, 0.4) is 0 Å². The number of ether oxygens (including phenoxy) is 1. The largest absolute Gasteiger partial charge is 0.462 e. The van der Waals surface area contributed by atoms with Gasteiger partial charge in [-0.1, -0.05) is 6.42 Å².